The number of nitrogens with zero attached hydrogens (tertiary/aromatic N) is 3. The summed E-state index contributed by atoms with van der Waals surface area (Å²) in [5, 5.41) is 17.6. The zero-order chi connectivity index (χ0) is 20.2. The van der Waals surface area contributed by atoms with Crippen molar-refractivity contribution in [2.75, 3.05) is 5.32 Å². The summed E-state index contributed by atoms with van der Waals surface area (Å²) in [6.07, 6.45) is 0. The molecular formula is C21H14N4O4. The summed E-state index contributed by atoms with van der Waals surface area (Å²) in [5.74, 6) is 0.170. The topological polar surface area (TPSA) is 111 Å². The van der Waals surface area contributed by atoms with Crippen molar-refractivity contribution in [3.05, 3.63) is 94.5 Å². The molecule has 0 radical (unpaired) electrons. The highest BCUT2D eigenvalue weighted by atomic mass is 16.6. The van der Waals surface area contributed by atoms with E-state index in [4.69, 9.17) is 4.52 Å². The number of nitro benzene ring substituents is 1. The molecule has 0 aliphatic carbocycles. The number of nitrogens with one attached hydrogen (secondary N) is 1. The largest absolute Gasteiger partial charge is 0.334 e. The van der Waals surface area contributed by atoms with Gasteiger partial charge in [-0.05, 0) is 18.2 Å². The fraction of sp³-hybridized carbons (Fsp3) is 0. The van der Waals surface area contributed by atoms with Crippen LogP contribution in [0.1, 0.15) is 10.4 Å². The molecule has 0 aliphatic rings. The maximum atomic E-state index is 12.8. The number of carbonyl (C=O) groups excluding carboxylic acids is 1. The SMILES string of the molecule is O=C(Nc1cccc([N+](=O)[O-])c1)c1ccccc1-c1nc(-c2ccccc2)no1. The predicted molar refractivity (Wildman–Crippen MR) is 106 cm³/mol. The highest BCUT2D eigenvalue weighted by molar-refractivity contribution is 6.08. The van der Waals surface area contributed by atoms with Crippen LogP contribution in [0.5, 0.6) is 0 Å². The second-order valence-corrected chi connectivity index (χ2v) is 6.10. The van der Waals surface area contributed by atoms with Crippen molar-refractivity contribution < 1.29 is 14.2 Å². The van der Waals surface area contributed by atoms with E-state index in [0.717, 1.165) is 5.56 Å². The summed E-state index contributed by atoms with van der Waals surface area (Å²) in [5.41, 5.74) is 1.77. The number of nitro groups is 1. The number of hydrogen-bond donors (Lipinski definition) is 1. The zero-order valence-electron chi connectivity index (χ0n) is 15.0. The summed E-state index contributed by atoms with van der Waals surface area (Å²) < 4.78 is 5.37. The fourth-order valence-corrected chi connectivity index (χ4v) is 2.80. The molecule has 1 N–H and O–H groups in total. The summed E-state index contributed by atoms with van der Waals surface area (Å²) in [6, 6.07) is 21.8. The standard InChI is InChI=1S/C21H14N4O4/c26-20(22-15-9-6-10-16(13-15)25(27)28)17-11-4-5-12-18(17)21-23-19(24-29-21)14-7-2-1-3-8-14/h1-13H,(H,22,26). The van der Waals surface area contributed by atoms with Gasteiger partial charge in [-0.15, -0.1) is 0 Å². The number of carbonyl (C=O) groups is 1. The van der Waals surface area contributed by atoms with Gasteiger partial charge in [0.05, 0.1) is 16.1 Å². The van der Waals surface area contributed by atoms with Crippen molar-refractivity contribution in [2.24, 2.45) is 0 Å². The van der Waals surface area contributed by atoms with Crippen LogP contribution in [0.4, 0.5) is 11.4 Å². The number of hydrogen-bond acceptors (Lipinski definition) is 6. The molecule has 8 heteroatoms. The average molecular weight is 386 g/mol. The van der Waals surface area contributed by atoms with Gasteiger partial charge in [-0.1, -0.05) is 53.7 Å². The Labute approximate surface area is 165 Å². The molecule has 0 spiro atoms. The molecule has 1 aromatic heterocycles. The van der Waals surface area contributed by atoms with Crippen LogP contribution in [0.15, 0.2) is 83.4 Å². The van der Waals surface area contributed by atoms with Gasteiger partial charge in [-0.3, -0.25) is 14.9 Å². The van der Waals surface area contributed by atoms with Crippen LogP contribution in [0, 0.1) is 10.1 Å². The lowest BCUT2D eigenvalue weighted by Gasteiger charge is -2.07. The van der Waals surface area contributed by atoms with E-state index in [-0.39, 0.29) is 11.6 Å². The first-order valence-corrected chi connectivity index (χ1v) is 8.66. The first-order chi connectivity index (χ1) is 14.1. The smallest absolute Gasteiger partial charge is 0.271 e. The van der Waals surface area contributed by atoms with Crippen LogP contribution in [-0.2, 0) is 0 Å². The molecule has 4 rings (SSSR count). The highest BCUT2D eigenvalue weighted by Crippen LogP contribution is 2.26. The summed E-state index contributed by atoms with van der Waals surface area (Å²) >= 11 is 0. The van der Waals surface area contributed by atoms with Crippen molar-refractivity contribution in [1.82, 2.24) is 10.1 Å². The third-order valence-electron chi connectivity index (χ3n) is 4.17. The lowest BCUT2D eigenvalue weighted by atomic mass is 10.1. The summed E-state index contributed by atoms with van der Waals surface area (Å²) in [7, 11) is 0. The molecule has 4 aromatic rings. The van der Waals surface area contributed by atoms with E-state index >= 15 is 0 Å². The second-order valence-electron chi connectivity index (χ2n) is 6.10. The van der Waals surface area contributed by atoms with Crippen LogP contribution in [0.2, 0.25) is 0 Å². The monoisotopic (exact) mass is 386 g/mol. The predicted octanol–water partition coefficient (Wildman–Crippen LogP) is 4.56. The van der Waals surface area contributed by atoms with E-state index in [9.17, 15) is 14.9 Å². The lowest BCUT2D eigenvalue weighted by Crippen LogP contribution is -2.13. The first-order valence-electron chi connectivity index (χ1n) is 8.66. The number of amides is 1. The molecule has 0 unspecified atom stereocenters. The number of non-ortho nitro benzene ring substituents is 1. The maximum Gasteiger partial charge on any atom is 0.271 e. The van der Waals surface area contributed by atoms with E-state index in [2.05, 4.69) is 15.5 Å². The van der Waals surface area contributed by atoms with E-state index in [1.807, 2.05) is 30.3 Å². The van der Waals surface area contributed by atoms with Gasteiger partial charge in [-0.2, -0.15) is 4.98 Å². The Balaban J connectivity index is 1.64. The van der Waals surface area contributed by atoms with Crippen molar-refractivity contribution in [2.45, 2.75) is 0 Å². The fourth-order valence-electron chi connectivity index (χ4n) is 2.80. The van der Waals surface area contributed by atoms with Gasteiger partial charge in [0.2, 0.25) is 5.82 Å². The van der Waals surface area contributed by atoms with Gasteiger partial charge in [0.1, 0.15) is 0 Å². The van der Waals surface area contributed by atoms with Crippen molar-refractivity contribution in [3.8, 4) is 22.8 Å². The zero-order valence-corrected chi connectivity index (χ0v) is 15.0. The van der Waals surface area contributed by atoms with Crippen LogP contribution >= 0.6 is 0 Å². The van der Waals surface area contributed by atoms with E-state index in [1.54, 1.807) is 30.3 Å². The van der Waals surface area contributed by atoms with E-state index in [0.29, 0.717) is 22.6 Å². The molecule has 0 atom stereocenters. The molecule has 0 saturated heterocycles. The average Bonchev–Trinajstić information content (AvgIpc) is 3.25. The number of benzene rings is 3. The van der Waals surface area contributed by atoms with E-state index in [1.165, 1.54) is 18.2 Å². The molecule has 0 fully saturated rings. The van der Waals surface area contributed by atoms with Gasteiger partial charge < -0.3 is 9.84 Å². The Kier molecular flexibility index (Phi) is 4.81. The number of anilines is 1. The molecule has 29 heavy (non-hydrogen) atoms. The van der Waals surface area contributed by atoms with Crippen molar-refractivity contribution >= 4 is 17.3 Å². The Morgan fingerprint density at radius 2 is 1.72 bits per heavy atom. The van der Waals surface area contributed by atoms with Crippen LogP contribution in [0.3, 0.4) is 0 Å². The van der Waals surface area contributed by atoms with E-state index < -0.39 is 10.8 Å². The molecule has 0 bridgehead atoms. The van der Waals surface area contributed by atoms with Crippen molar-refractivity contribution in [3.63, 3.8) is 0 Å². The minimum absolute atomic E-state index is 0.111. The Morgan fingerprint density at radius 1 is 0.966 bits per heavy atom. The Morgan fingerprint density at radius 3 is 2.52 bits per heavy atom. The molecule has 3 aromatic carbocycles. The number of rotatable bonds is 5. The van der Waals surface area contributed by atoms with Crippen molar-refractivity contribution in [1.29, 1.82) is 0 Å². The van der Waals surface area contributed by atoms with Gasteiger partial charge in [-0.25, -0.2) is 0 Å². The number of aromatic nitrogens is 2. The molecule has 1 heterocycles. The quantitative estimate of drug-likeness (QED) is 0.397. The van der Waals surface area contributed by atoms with Gasteiger partial charge in [0, 0.05) is 23.4 Å². The van der Waals surface area contributed by atoms with Gasteiger partial charge in [0.15, 0.2) is 0 Å². The molecular weight excluding hydrogens is 372 g/mol. The van der Waals surface area contributed by atoms with Crippen LogP contribution in [0.25, 0.3) is 22.8 Å². The summed E-state index contributed by atoms with van der Waals surface area (Å²) in [4.78, 5) is 27.6. The molecule has 1 amide bonds. The van der Waals surface area contributed by atoms with Gasteiger partial charge >= 0.3 is 0 Å². The lowest BCUT2D eigenvalue weighted by molar-refractivity contribution is -0.384. The maximum absolute atomic E-state index is 12.8. The van der Waals surface area contributed by atoms with Crippen LogP contribution < -0.4 is 5.32 Å². The molecule has 0 aliphatic heterocycles. The summed E-state index contributed by atoms with van der Waals surface area (Å²) in [6.45, 7) is 0. The normalized spacial score (nSPS) is 10.5. The second kappa shape index (κ2) is 7.73. The minimum Gasteiger partial charge on any atom is -0.334 e. The Bertz CT molecular complexity index is 1190. The third-order valence-corrected chi connectivity index (χ3v) is 4.17. The molecule has 0 saturated carbocycles. The van der Waals surface area contributed by atoms with Crippen LogP contribution in [-0.4, -0.2) is 21.0 Å². The van der Waals surface area contributed by atoms with Gasteiger partial charge in [0.25, 0.3) is 17.5 Å². The molecule has 8 nitrogen and oxygen atoms in total. The molecule has 142 valence electrons. The first kappa shape index (κ1) is 18.1. The Hall–Kier alpha value is -4.33. The minimum atomic E-state index is -0.521. The third kappa shape index (κ3) is 3.86. The highest BCUT2D eigenvalue weighted by Gasteiger charge is 2.18.